The SMILES string of the molecule is COc1ccc(S(=O)(=O)N(CC(=O)N[C@@H](c2ccccc2)c2ccc(C)cc2)c2ccccc2OC)cc1. The molecular weight excluding hydrogens is 500 g/mol. The molecule has 0 aliphatic heterocycles. The third kappa shape index (κ3) is 5.98. The van der Waals surface area contributed by atoms with Gasteiger partial charge >= 0.3 is 0 Å². The molecule has 0 heterocycles. The van der Waals surface area contributed by atoms with Crippen molar-refractivity contribution in [2.24, 2.45) is 0 Å². The Balaban J connectivity index is 1.71. The van der Waals surface area contributed by atoms with Crippen LogP contribution >= 0.6 is 0 Å². The zero-order valence-electron chi connectivity index (χ0n) is 21.5. The van der Waals surface area contributed by atoms with E-state index in [1.807, 2.05) is 61.5 Å². The normalized spacial score (nSPS) is 11.9. The fraction of sp³-hybridized carbons (Fsp3) is 0.167. The zero-order valence-corrected chi connectivity index (χ0v) is 22.3. The molecule has 0 spiro atoms. The summed E-state index contributed by atoms with van der Waals surface area (Å²) in [5.41, 5.74) is 3.12. The average molecular weight is 531 g/mol. The first-order valence-corrected chi connectivity index (χ1v) is 13.5. The van der Waals surface area contributed by atoms with E-state index in [-0.39, 0.29) is 10.6 Å². The standard InChI is InChI=1S/C30H30N2O5S/c1-22-13-15-24(16-14-22)30(23-9-5-4-6-10-23)31-29(33)21-32(27-11-7-8-12-28(27)37-3)38(34,35)26-19-17-25(36-2)18-20-26/h4-20,30H,21H2,1-3H3,(H,31,33)/t30-/m0/s1. The van der Waals surface area contributed by atoms with Crippen LogP contribution in [0.3, 0.4) is 0 Å². The molecule has 4 rings (SSSR count). The van der Waals surface area contributed by atoms with Gasteiger partial charge in [-0.2, -0.15) is 0 Å². The maximum atomic E-state index is 13.8. The summed E-state index contributed by atoms with van der Waals surface area (Å²) in [6.45, 7) is 1.54. The van der Waals surface area contributed by atoms with Gasteiger partial charge in [0.25, 0.3) is 10.0 Å². The van der Waals surface area contributed by atoms with Crippen LogP contribution in [0.5, 0.6) is 11.5 Å². The summed E-state index contributed by atoms with van der Waals surface area (Å²) in [7, 11) is -1.18. The topological polar surface area (TPSA) is 84.9 Å². The number of amides is 1. The lowest BCUT2D eigenvalue weighted by molar-refractivity contribution is -0.120. The number of nitrogens with one attached hydrogen (secondary N) is 1. The summed E-state index contributed by atoms with van der Waals surface area (Å²) in [5.74, 6) is 0.382. The number of benzene rings is 4. The predicted molar refractivity (Wildman–Crippen MR) is 148 cm³/mol. The number of sulfonamides is 1. The van der Waals surface area contributed by atoms with E-state index in [4.69, 9.17) is 9.47 Å². The summed E-state index contributed by atoms with van der Waals surface area (Å²) in [6.07, 6.45) is 0. The lowest BCUT2D eigenvalue weighted by Gasteiger charge is -2.27. The molecule has 38 heavy (non-hydrogen) atoms. The number of carbonyl (C=O) groups is 1. The summed E-state index contributed by atoms with van der Waals surface area (Å²) in [6, 6.07) is 29.7. The Bertz CT molecular complexity index is 1470. The molecule has 0 bridgehead atoms. The molecular formula is C30H30N2O5S. The van der Waals surface area contributed by atoms with Crippen molar-refractivity contribution in [3.05, 3.63) is 120 Å². The van der Waals surface area contributed by atoms with Crippen LogP contribution in [0.2, 0.25) is 0 Å². The fourth-order valence-electron chi connectivity index (χ4n) is 4.11. The second kappa shape index (κ2) is 11.8. The van der Waals surface area contributed by atoms with Crippen molar-refractivity contribution in [1.82, 2.24) is 5.32 Å². The van der Waals surface area contributed by atoms with E-state index in [0.717, 1.165) is 21.0 Å². The van der Waals surface area contributed by atoms with Gasteiger partial charge in [0.05, 0.1) is 30.8 Å². The second-order valence-electron chi connectivity index (χ2n) is 8.68. The highest BCUT2D eigenvalue weighted by Crippen LogP contribution is 2.33. The van der Waals surface area contributed by atoms with Gasteiger partial charge in [0.2, 0.25) is 5.91 Å². The Hall–Kier alpha value is -4.30. The van der Waals surface area contributed by atoms with E-state index in [1.54, 1.807) is 36.4 Å². The van der Waals surface area contributed by atoms with Gasteiger partial charge in [-0.15, -0.1) is 0 Å². The smallest absolute Gasteiger partial charge is 0.264 e. The summed E-state index contributed by atoms with van der Waals surface area (Å²) >= 11 is 0. The number of anilines is 1. The molecule has 0 aromatic heterocycles. The molecule has 4 aromatic carbocycles. The fourth-order valence-corrected chi connectivity index (χ4v) is 5.54. The van der Waals surface area contributed by atoms with Gasteiger partial charge in [-0.25, -0.2) is 8.42 Å². The highest BCUT2D eigenvalue weighted by molar-refractivity contribution is 7.92. The molecule has 1 amide bonds. The number of ether oxygens (including phenoxy) is 2. The molecule has 1 N–H and O–H groups in total. The number of methoxy groups -OCH3 is 2. The van der Waals surface area contributed by atoms with Crippen LogP contribution in [0.15, 0.2) is 108 Å². The highest BCUT2D eigenvalue weighted by atomic mass is 32.2. The lowest BCUT2D eigenvalue weighted by Crippen LogP contribution is -2.42. The molecule has 196 valence electrons. The van der Waals surface area contributed by atoms with Crippen LogP contribution in [-0.4, -0.2) is 35.1 Å². The molecule has 0 aliphatic carbocycles. The van der Waals surface area contributed by atoms with Crippen LogP contribution in [0.4, 0.5) is 5.69 Å². The van der Waals surface area contributed by atoms with Crippen LogP contribution < -0.4 is 19.1 Å². The molecule has 0 fully saturated rings. The number of hydrogen-bond acceptors (Lipinski definition) is 5. The second-order valence-corrected chi connectivity index (χ2v) is 10.5. The molecule has 7 nitrogen and oxygen atoms in total. The van der Waals surface area contributed by atoms with Crippen molar-refractivity contribution in [3.8, 4) is 11.5 Å². The minimum absolute atomic E-state index is 0.0233. The maximum absolute atomic E-state index is 13.8. The summed E-state index contributed by atoms with van der Waals surface area (Å²) < 4.78 is 39.4. The van der Waals surface area contributed by atoms with Gasteiger partial charge in [-0.1, -0.05) is 72.3 Å². The maximum Gasteiger partial charge on any atom is 0.264 e. The van der Waals surface area contributed by atoms with Crippen LogP contribution in [0, 0.1) is 6.92 Å². The van der Waals surface area contributed by atoms with E-state index < -0.39 is 28.5 Å². The minimum atomic E-state index is -4.14. The predicted octanol–water partition coefficient (Wildman–Crippen LogP) is 5.11. The molecule has 1 atom stereocenters. The number of aryl methyl sites for hydroxylation is 1. The number of carbonyl (C=O) groups excluding carboxylic acids is 1. The van der Waals surface area contributed by atoms with Crippen LogP contribution in [-0.2, 0) is 14.8 Å². The van der Waals surface area contributed by atoms with Crippen molar-refractivity contribution in [2.45, 2.75) is 17.9 Å². The summed E-state index contributed by atoms with van der Waals surface area (Å²) in [4.78, 5) is 13.6. The average Bonchev–Trinajstić information content (AvgIpc) is 2.95. The molecule has 8 heteroatoms. The van der Waals surface area contributed by atoms with Crippen LogP contribution in [0.1, 0.15) is 22.7 Å². The Labute approximate surface area is 223 Å². The van der Waals surface area contributed by atoms with E-state index in [2.05, 4.69) is 5.32 Å². The number of hydrogen-bond donors (Lipinski definition) is 1. The van der Waals surface area contributed by atoms with E-state index in [0.29, 0.717) is 11.5 Å². The first kappa shape index (κ1) is 26.8. The monoisotopic (exact) mass is 530 g/mol. The Morgan fingerprint density at radius 2 is 1.39 bits per heavy atom. The third-order valence-electron chi connectivity index (χ3n) is 6.14. The molecule has 0 saturated heterocycles. The summed E-state index contributed by atoms with van der Waals surface area (Å²) in [5, 5.41) is 3.04. The third-order valence-corrected chi connectivity index (χ3v) is 7.91. The molecule has 0 unspecified atom stereocenters. The van der Waals surface area contributed by atoms with Gasteiger partial charge in [0.15, 0.2) is 0 Å². The quantitative estimate of drug-likeness (QED) is 0.308. The highest BCUT2D eigenvalue weighted by Gasteiger charge is 2.30. The van der Waals surface area contributed by atoms with Gasteiger partial charge in [0, 0.05) is 0 Å². The van der Waals surface area contributed by atoms with Gasteiger partial charge in [0.1, 0.15) is 18.0 Å². The number of para-hydroxylation sites is 2. The first-order valence-electron chi connectivity index (χ1n) is 12.0. The van der Waals surface area contributed by atoms with Crippen molar-refractivity contribution in [1.29, 1.82) is 0 Å². The van der Waals surface area contributed by atoms with E-state index in [1.165, 1.54) is 26.4 Å². The minimum Gasteiger partial charge on any atom is -0.497 e. The zero-order chi connectivity index (χ0) is 27.1. The molecule has 0 aliphatic rings. The lowest BCUT2D eigenvalue weighted by atomic mass is 9.98. The van der Waals surface area contributed by atoms with E-state index >= 15 is 0 Å². The Morgan fingerprint density at radius 3 is 2.03 bits per heavy atom. The van der Waals surface area contributed by atoms with Crippen molar-refractivity contribution in [3.63, 3.8) is 0 Å². The molecule has 0 radical (unpaired) electrons. The number of nitrogens with zero attached hydrogens (tertiary/aromatic N) is 1. The van der Waals surface area contributed by atoms with Gasteiger partial charge in [-0.3, -0.25) is 9.10 Å². The molecule has 0 saturated carbocycles. The van der Waals surface area contributed by atoms with Crippen LogP contribution in [0.25, 0.3) is 0 Å². The largest absolute Gasteiger partial charge is 0.497 e. The van der Waals surface area contributed by atoms with Crippen molar-refractivity contribution >= 4 is 21.6 Å². The van der Waals surface area contributed by atoms with Gasteiger partial charge in [-0.05, 0) is 54.4 Å². The van der Waals surface area contributed by atoms with Crippen molar-refractivity contribution < 1.29 is 22.7 Å². The Morgan fingerprint density at radius 1 is 0.789 bits per heavy atom. The van der Waals surface area contributed by atoms with Gasteiger partial charge < -0.3 is 14.8 Å². The van der Waals surface area contributed by atoms with Crippen molar-refractivity contribution in [2.75, 3.05) is 25.1 Å². The van der Waals surface area contributed by atoms with E-state index in [9.17, 15) is 13.2 Å². The first-order chi connectivity index (χ1) is 18.3. The number of rotatable bonds is 10. The Kier molecular flexibility index (Phi) is 8.33. The molecule has 4 aromatic rings.